The number of fused-ring (bicyclic) bond motifs is 1. The molecule has 0 spiro atoms. The SMILES string of the molecule is CCc1nc(-c2sc3cc(Oc4ccnc(C(=O)NC)c4)ccc3c2C)no1. The molecule has 3 aromatic heterocycles. The molecule has 0 atom stereocenters. The Morgan fingerprint density at radius 1 is 1.25 bits per heavy atom. The van der Waals surface area contributed by atoms with Crippen molar-refractivity contribution in [3.63, 3.8) is 0 Å². The standard InChI is InChI=1S/C20H18N4O3S/c1-4-17-23-19(24-27-17)18-11(2)14-6-5-12(10-16(14)28-18)26-13-7-8-22-15(9-13)20(25)21-3/h5-10H,4H2,1-3H3,(H,21,25). The minimum absolute atomic E-state index is 0.258. The molecule has 0 aliphatic rings. The molecule has 8 heteroatoms. The first kappa shape index (κ1) is 18.1. The molecule has 0 aliphatic carbocycles. The first-order valence-electron chi connectivity index (χ1n) is 8.81. The lowest BCUT2D eigenvalue weighted by Gasteiger charge is -2.07. The second kappa shape index (κ2) is 7.40. The number of rotatable bonds is 5. The highest BCUT2D eigenvalue weighted by Gasteiger charge is 2.16. The number of carbonyl (C=O) groups is 1. The number of benzene rings is 1. The summed E-state index contributed by atoms with van der Waals surface area (Å²) in [4.78, 5) is 21.2. The molecule has 142 valence electrons. The molecule has 1 aromatic carbocycles. The molecule has 0 fully saturated rings. The number of carbonyl (C=O) groups excluding carboxylic acids is 1. The van der Waals surface area contributed by atoms with Crippen LogP contribution in [0.15, 0.2) is 41.1 Å². The third-order valence-electron chi connectivity index (χ3n) is 4.31. The number of aryl methyl sites for hydroxylation is 2. The van der Waals surface area contributed by atoms with E-state index < -0.39 is 0 Å². The first-order chi connectivity index (χ1) is 13.6. The Morgan fingerprint density at radius 3 is 2.82 bits per heavy atom. The van der Waals surface area contributed by atoms with Gasteiger partial charge in [-0.2, -0.15) is 4.98 Å². The number of amides is 1. The fourth-order valence-corrected chi connectivity index (χ4v) is 4.00. The third kappa shape index (κ3) is 3.34. The van der Waals surface area contributed by atoms with Crippen molar-refractivity contribution in [2.45, 2.75) is 20.3 Å². The zero-order valence-electron chi connectivity index (χ0n) is 15.6. The van der Waals surface area contributed by atoms with E-state index in [4.69, 9.17) is 9.26 Å². The van der Waals surface area contributed by atoms with Gasteiger partial charge < -0.3 is 14.6 Å². The van der Waals surface area contributed by atoms with Gasteiger partial charge in [0.1, 0.15) is 17.2 Å². The molecule has 28 heavy (non-hydrogen) atoms. The molecule has 0 saturated carbocycles. The maximum absolute atomic E-state index is 11.7. The van der Waals surface area contributed by atoms with E-state index in [9.17, 15) is 4.79 Å². The normalized spacial score (nSPS) is 11.0. The van der Waals surface area contributed by atoms with Crippen molar-refractivity contribution >= 4 is 27.3 Å². The number of pyridine rings is 1. The lowest BCUT2D eigenvalue weighted by atomic mass is 10.1. The molecule has 0 bridgehead atoms. The van der Waals surface area contributed by atoms with Crippen molar-refractivity contribution in [3.8, 4) is 22.2 Å². The average molecular weight is 394 g/mol. The zero-order chi connectivity index (χ0) is 19.7. The molecule has 0 saturated heterocycles. The topological polar surface area (TPSA) is 90.1 Å². The van der Waals surface area contributed by atoms with Crippen LogP contribution < -0.4 is 10.1 Å². The van der Waals surface area contributed by atoms with Crippen molar-refractivity contribution in [3.05, 3.63) is 53.7 Å². The van der Waals surface area contributed by atoms with Gasteiger partial charge in [-0.3, -0.25) is 9.78 Å². The molecule has 7 nitrogen and oxygen atoms in total. The van der Waals surface area contributed by atoms with Gasteiger partial charge in [0.15, 0.2) is 0 Å². The van der Waals surface area contributed by atoms with Gasteiger partial charge in [-0.05, 0) is 42.1 Å². The lowest BCUT2D eigenvalue weighted by molar-refractivity contribution is 0.0958. The maximum Gasteiger partial charge on any atom is 0.269 e. The molecule has 1 N–H and O–H groups in total. The van der Waals surface area contributed by atoms with Gasteiger partial charge in [-0.25, -0.2) is 0 Å². The van der Waals surface area contributed by atoms with Crippen LogP contribution in [0.4, 0.5) is 0 Å². The van der Waals surface area contributed by atoms with Gasteiger partial charge in [0.2, 0.25) is 11.7 Å². The first-order valence-corrected chi connectivity index (χ1v) is 9.62. The maximum atomic E-state index is 11.7. The van der Waals surface area contributed by atoms with Crippen molar-refractivity contribution in [2.75, 3.05) is 7.05 Å². The largest absolute Gasteiger partial charge is 0.457 e. The Hall–Kier alpha value is -3.26. The average Bonchev–Trinajstić information content (AvgIpc) is 3.32. The molecule has 3 heterocycles. The van der Waals surface area contributed by atoms with Crippen molar-refractivity contribution in [1.29, 1.82) is 0 Å². The van der Waals surface area contributed by atoms with Gasteiger partial charge >= 0.3 is 0 Å². The summed E-state index contributed by atoms with van der Waals surface area (Å²) < 4.78 is 12.2. The Balaban J connectivity index is 1.66. The number of nitrogens with one attached hydrogen (secondary N) is 1. The molecule has 1 amide bonds. The van der Waals surface area contributed by atoms with Crippen LogP contribution in [0.1, 0.15) is 28.9 Å². The Kier molecular flexibility index (Phi) is 4.79. The van der Waals surface area contributed by atoms with Crippen molar-refractivity contribution in [1.82, 2.24) is 20.4 Å². The van der Waals surface area contributed by atoms with E-state index >= 15 is 0 Å². The van der Waals surface area contributed by atoms with Crippen LogP contribution in [0.3, 0.4) is 0 Å². The highest BCUT2D eigenvalue weighted by atomic mass is 32.1. The van der Waals surface area contributed by atoms with E-state index in [2.05, 4.69) is 27.4 Å². The van der Waals surface area contributed by atoms with Crippen LogP contribution in [0.2, 0.25) is 0 Å². The zero-order valence-corrected chi connectivity index (χ0v) is 16.5. The second-order valence-corrected chi connectivity index (χ2v) is 7.19. The summed E-state index contributed by atoms with van der Waals surface area (Å²) in [6.07, 6.45) is 2.26. The number of ether oxygens (including phenoxy) is 1. The quantitative estimate of drug-likeness (QED) is 0.541. The van der Waals surface area contributed by atoms with E-state index in [1.54, 1.807) is 36.7 Å². The van der Waals surface area contributed by atoms with Gasteiger partial charge in [0.05, 0.1) is 4.88 Å². The number of hydrogen-bond donors (Lipinski definition) is 1. The van der Waals surface area contributed by atoms with Crippen LogP contribution >= 0.6 is 11.3 Å². The minimum atomic E-state index is -0.258. The Morgan fingerprint density at radius 2 is 2.07 bits per heavy atom. The van der Waals surface area contributed by atoms with E-state index in [1.165, 1.54) is 0 Å². The summed E-state index contributed by atoms with van der Waals surface area (Å²) in [6.45, 7) is 4.03. The van der Waals surface area contributed by atoms with Crippen molar-refractivity contribution < 1.29 is 14.1 Å². The monoisotopic (exact) mass is 394 g/mol. The number of thiophene rings is 1. The van der Waals surface area contributed by atoms with Crippen LogP contribution in [0, 0.1) is 6.92 Å². The molecule has 0 aliphatic heterocycles. The van der Waals surface area contributed by atoms with Gasteiger partial charge in [-0.15, -0.1) is 11.3 Å². The van der Waals surface area contributed by atoms with Crippen LogP contribution in [-0.4, -0.2) is 28.1 Å². The fourth-order valence-electron chi connectivity index (χ4n) is 2.84. The molecule has 0 radical (unpaired) electrons. The molecular formula is C20H18N4O3S. The van der Waals surface area contributed by atoms with E-state index in [0.717, 1.165) is 20.5 Å². The van der Waals surface area contributed by atoms with Gasteiger partial charge in [0.25, 0.3) is 5.91 Å². The molecule has 4 aromatic rings. The van der Waals surface area contributed by atoms with Gasteiger partial charge in [0, 0.05) is 30.4 Å². The molecule has 0 unspecified atom stereocenters. The summed E-state index contributed by atoms with van der Waals surface area (Å²) >= 11 is 1.60. The van der Waals surface area contributed by atoms with Gasteiger partial charge in [-0.1, -0.05) is 12.1 Å². The lowest BCUT2D eigenvalue weighted by Crippen LogP contribution is -2.18. The fraction of sp³-hybridized carbons (Fsp3) is 0.200. The number of aromatic nitrogens is 3. The third-order valence-corrected chi connectivity index (χ3v) is 5.56. The summed E-state index contributed by atoms with van der Waals surface area (Å²) in [6, 6.07) is 9.21. The predicted molar refractivity (Wildman–Crippen MR) is 107 cm³/mol. The predicted octanol–water partition coefficient (Wildman–Crippen LogP) is 4.37. The van der Waals surface area contributed by atoms with E-state index in [1.807, 2.05) is 25.1 Å². The Bertz CT molecular complexity index is 1170. The second-order valence-electron chi connectivity index (χ2n) is 6.14. The van der Waals surface area contributed by atoms with E-state index in [0.29, 0.717) is 35.3 Å². The summed E-state index contributed by atoms with van der Waals surface area (Å²) in [5, 5.41) is 7.76. The minimum Gasteiger partial charge on any atom is -0.457 e. The smallest absolute Gasteiger partial charge is 0.269 e. The summed E-state index contributed by atoms with van der Waals surface area (Å²) in [7, 11) is 1.56. The van der Waals surface area contributed by atoms with Crippen molar-refractivity contribution in [2.24, 2.45) is 0 Å². The van der Waals surface area contributed by atoms with Crippen LogP contribution in [-0.2, 0) is 6.42 Å². The van der Waals surface area contributed by atoms with Crippen LogP contribution in [0.5, 0.6) is 11.5 Å². The molecular weight excluding hydrogens is 376 g/mol. The Labute approximate surface area is 165 Å². The highest BCUT2D eigenvalue weighted by molar-refractivity contribution is 7.22. The highest BCUT2D eigenvalue weighted by Crippen LogP contribution is 2.39. The van der Waals surface area contributed by atoms with E-state index in [-0.39, 0.29) is 5.91 Å². The number of hydrogen-bond acceptors (Lipinski definition) is 7. The molecule has 4 rings (SSSR count). The summed E-state index contributed by atoms with van der Waals surface area (Å²) in [5.41, 5.74) is 1.42. The number of nitrogens with zero attached hydrogens (tertiary/aromatic N) is 3. The summed E-state index contributed by atoms with van der Waals surface area (Å²) in [5.74, 6) is 2.21. The van der Waals surface area contributed by atoms with Crippen LogP contribution in [0.25, 0.3) is 20.8 Å².